The van der Waals surface area contributed by atoms with Crippen molar-refractivity contribution in [3.63, 3.8) is 0 Å². The smallest absolute Gasteiger partial charge is 0.462 e. The Balaban J connectivity index is 5.26. The fourth-order valence-corrected chi connectivity index (χ4v) is 11.4. The van der Waals surface area contributed by atoms with E-state index in [1.165, 1.54) is 116 Å². The van der Waals surface area contributed by atoms with Gasteiger partial charge in [-0.3, -0.25) is 37.3 Å². The van der Waals surface area contributed by atoms with Crippen LogP contribution in [-0.4, -0.2) is 96.7 Å². The van der Waals surface area contributed by atoms with Gasteiger partial charge in [-0.2, -0.15) is 0 Å². The third-order valence-corrected chi connectivity index (χ3v) is 17.0. The van der Waals surface area contributed by atoms with Crippen LogP contribution in [0.15, 0.2) is 0 Å². The molecule has 3 unspecified atom stereocenters. The number of carbonyl (C=O) groups excluding carboxylic acids is 4. The summed E-state index contributed by atoms with van der Waals surface area (Å²) >= 11 is 0. The van der Waals surface area contributed by atoms with E-state index in [0.29, 0.717) is 31.6 Å². The van der Waals surface area contributed by atoms with Gasteiger partial charge in [-0.05, 0) is 49.4 Å². The highest BCUT2D eigenvalue weighted by Crippen LogP contribution is 2.45. The first-order valence-electron chi connectivity index (χ1n) is 34.2. The maximum atomic E-state index is 13.0. The molecule has 0 amide bonds. The number of aliphatic hydroxyl groups is 1. The lowest BCUT2D eigenvalue weighted by atomic mass is 10.0. The number of aliphatic hydroxyl groups excluding tert-OH is 1. The van der Waals surface area contributed by atoms with Gasteiger partial charge in [0.15, 0.2) is 12.2 Å². The zero-order valence-corrected chi connectivity index (χ0v) is 57.0. The fraction of sp³-hybridized carbons (Fsp3) is 0.939. The third kappa shape index (κ3) is 60.7. The quantitative estimate of drug-likeness (QED) is 0.0222. The first-order chi connectivity index (χ1) is 40.6. The Bertz CT molecular complexity index is 1700. The number of phosphoric ester groups is 2. The predicted octanol–water partition coefficient (Wildman–Crippen LogP) is 18.1. The second kappa shape index (κ2) is 56.1. The van der Waals surface area contributed by atoms with Crippen LogP contribution >= 0.6 is 15.6 Å². The molecule has 0 fully saturated rings. The van der Waals surface area contributed by atoms with Gasteiger partial charge in [0.25, 0.3) is 0 Å². The van der Waals surface area contributed by atoms with E-state index in [2.05, 4.69) is 55.4 Å². The molecule has 504 valence electrons. The minimum atomic E-state index is -4.95. The number of esters is 4. The van der Waals surface area contributed by atoms with Crippen LogP contribution in [0.2, 0.25) is 0 Å². The zero-order chi connectivity index (χ0) is 63.2. The van der Waals surface area contributed by atoms with Crippen LogP contribution < -0.4 is 0 Å². The molecule has 0 aromatic heterocycles. The zero-order valence-electron chi connectivity index (χ0n) is 55.2. The van der Waals surface area contributed by atoms with Crippen molar-refractivity contribution in [1.29, 1.82) is 0 Å². The lowest BCUT2D eigenvalue weighted by molar-refractivity contribution is -0.161. The standard InChI is InChI=1S/C66H128O17P2/c1-56(2)42-34-26-18-11-9-13-23-32-40-48-65(70)82-61(52-76-63(68)46-38-30-22-16-15-20-28-36-44-58(5)6)54-80-84(72,73)78-50-60(67)51-79-85(74,75)81-55-62(53-77-64(69)47-39-31-25-17-21-29-37-45-59(7)8)83-66(71)49-41-33-24-14-10-12-19-27-35-43-57(3)4/h56-62,67H,9-55H2,1-8H3,(H,72,73)(H,74,75)/t60?,61-,62-/m1/s1. The lowest BCUT2D eigenvalue weighted by Gasteiger charge is -2.21. The molecule has 0 radical (unpaired) electrons. The highest BCUT2D eigenvalue weighted by molar-refractivity contribution is 7.47. The van der Waals surface area contributed by atoms with Gasteiger partial charge < -0.3 is 33.8 Å². The molecule has 0 saturated heterocycles. The Kier molecular flexibility index (Phi) is 54.8. The molecule has 0 aromatic rings. The van der Waals surface area contributed by atoms with Gasteiger partial charge in [-0.15, -0.1) is 0 Å². The van der Waals surface area contributed by atoms with Crippen molar-refractivity contribution in [1.82, 2.24) is 0 Å². The molecule has 0 aliphatic rings. The van der Waals surface area contributed by atoms with E-state index in [-0.39, 0.29) is 25.7 Å². The third-order valence-electron chi connectivity index (χ3n) is 15.1. The fourth-order valence-electron chi connectivity index (χ4n) is 9.78. The van der Waals surface area contributed by atoms with Crippen molar-refractivity contribution in [2.75, 3.05) is 39.6 Å². The Labute approximate surface area is 517 Å². The Hall–Kier alpha value is -1.94. The average molecular weight is 1260 g/mol. The van der Waals surface area contributed by atoms with Crippen LogP contribution in [0.4, 0.5) is 0 Å². The Morgan fingerprint density at radius 3 is 0.729 bits per heavy atom. The first-order valence-corrected chi connectivity index (χ1v) is 37.2. The molecule has 0 aliphatic carbocycles. The largest absolute Gasteiger partial charge is 0.472 e. The summed E-state index contributed by atoms with van der Waals surface area (Å²) in [6.07, 6.45) is 36.3. The van der Waals surface area contributed by atoms with E-state index in [4.69, 9.17) is 37.0 Å². The maximum Gasteiger partial charge on any atom is 0.472 e. The molecule has 0 bridgehead atoms. The van der Waals surface area contributed by atoms with Crippen molar-refractivity contribution in [3.05, 3.63) is 0 Å². The molecule has 0 heterocycles. The summed E-state index contributed by atoms with van der Waals surface area (Å²) in [4.78, 5) is 72.3. The van der Waals surface area contributed by atoms with Gasteiger partial charge in [-0.25, -0.2) is 9.13 Å². The second-order valence-corrected chi connectivity index (χ2v) is 28.7. The molecule has 0 saturated carbocycles. The summed E-state index contributed by atoms with van der Waals surface area (Å²) in [7, 11) is -9.89. The van der Waals surface area contributed by atoms with Crippen LogP contribution in [0, 0.1) is 23.7 Å². The molecule has 19 heteroatoms. The topological polar surface area (TPSA) is 237 Å². The van der Waals surface area contributed by atoms with Crippen LogP contribution in [0.3, 0.4) is 0 Å². The number of phosphoric acid groups is 2. The number of hydrogen-bond acceptors (Lipinski definition) is 15. The van der Waals surface area contributed by atoms with Crippen molar-refractivity contribution < 1.29 is 80.2 Å². The van der Waals surface area contributed by atoms with E-state index in [1.54, 1.807) is 0 Å². The van der Waals surface area contributed by atoms with Gasteiger partial charge >= 0.3 is 39.5 Å². The molecule has 3 N–H and O–H groups in total. The summed E-state index contributed by atoms with van der Waals surface area (Å²) < 4.78 is 68.1. The van der Waals surface area contributed by atoms with E-state index in [1.807, 2.05) is 0 Å². The molecule has 0 aliphatic heterocycles. The van der Waals surface area contributed by atoms with E-state index < -0.39 is 97.5 Å². The SMILES string of the molecule is CC(C)CCCCCCCCCCCC(=O)O[C@H](COC(=O)CCCCCCCCCCC(C)C)COP(=O)(O)OCC(O)COP(=O)(O)OC[C@@H](COC(=O)CCCCCCCCCC(C)C)OC(=O)CCCCCCCCCCCC(C)C. The Morgan fingerprint density at radius 1 is 0.294 bits per heavy atom. The molecule has 0 spiro atoms. The maximum absolute atomic E-state index is 13.0. The van der Waals surface area contributed by atoms with E-state index in [0.717, 1.165) is 114 Å². The summed E-state index contributed by atoms with van der Waals surface area (Å²) in [5, 5.41) is 10.6. The molecular weight excluding hydrogens is 1130 g/mol. The summed E-state index contributed by atoms with van der Waals surface area (Å²) in [5.41, 5.74) is 0. The number of ether oxygens (including phenoxy) is 4. The molecule has 0 aromatic carbocycles. The average Bonchev–Trinajstić information content (AvgIpc) is 3.45. The summed E-state index contributed by atoms with van der Waals surface area (Å²) in [5.74, 6) is 0.767. The van der Waals surface area contributed by atoms with Crippen LogP contribution in [0.5, 0.6) is 0 Å². The van der Waals surface area contributed by atoms with Crippen LogP contribution in [0.1, 0.15) is 319 Å². The summed E-state index contributed by atoms with van der Waals surface area (Å²) in [6.45, 7) is 14.0. The highest BCUT2D eigenvalue weighted by atomic mass is 31.2. The number of carbonyl (C=O) groups is 4. The molecule has 85 heavy (non-hydrogen) atoms. The molecule has 5 atom stereocenters. The molecule has 17 nitrogen and oxygen atoms in total. The molecule has 0 rings (SSSR count). The van der Waals surface area contributed by atoms with Crippen LogP contribution in [-0.2, 0) is 65.4 Å². The Morgan fingerprint density at radius 2 is 0.494 bits per heavy atom. The van der Waals surface area contributed by atoms with Gasteiger partial charge in [-0.1, -0.05) is 267 Å². The normalized spacial score (nSPS) is 14.4. The number of unbranched alkanes of at least 4 members (excludes halogenated alkanes) is 29. The number of hydrogen-bond donors (Lipinski definition) is 3. The van der Waals surface area contributed by atoms with Crippen LogP contribution in [0.25, 0.3) is 0 Å². The monoisotopic (exact) mass is 1250 g/mol. The first kappa shape index (κ1) is 83.1. The van der Waals surface area contributed by atoms with E-state index >= 15 is 0 Å². The predicted molar refractivity (Wildman–Crippen MR) is 340 cm³/mol. The number of rotatable bonds is 63. The van der Waals surface area contributed by atoms with Crippen molar-refractivity contribution in [2.24, 2.45) is 23.7 Å². The van der Waals surface area contributed by atoms with Gasteiger partial charge in [0.05, 0.1) is 26.4 Å². The van der Waals surface area contributed by atoms with Crippen molar-refractivity contribution in [2.45, 2.75) is 337 Å². The minimum absolute atomic E-state index is 0.104. The minimum Gasteiger partial charge on any atom is -0.462 e. The van der Waals surface area contributed by atoms with Gasteiger partial charge in [0, 0.05) is 25.7 Å². The van der Waals surface area contributed by atoms with Crippen molar-refractivity contribution >= 4 is 39.5 Å². The molecular formula is C66H128O17P2. The summed E-state index contributed by atoms with van der Waals surface area (Å²) in [6, 6.07) is 0. The van der Waals surface area contributed by atoms with Crippen molar-refractivity contribution in [3.8, 4) is 0 Å². The van der Waals surface area contributed by atoms with Gasteiger partial charge in [0.2, 0.25) is 0 Å². The van der Waals surface area contributed by atoms with E-state index in [9.17, 15) is 43.2 Å². The van der Waals surface area contributed by atoms with Gasteiger partial charge in [0.1, 0.15) is 19.3 Å². The lowest BCUT2D eigenvalue weighted by Crippen LogP contribution is -2.30. The highest BCUT2D eigenvalue weighted by Gasteiger charge is 2.30. The second-order valence-electron chi connectivity index (χ2n) is 25.8.